The van der Waals surface area contributed by atoms with E-state index < -0.39 is 0 Å². The highest BCUT2D eigenvalue weighted by atomic mass is 15.2. The fourth-order valence-corrected chi connectivity index (χ4v) is 3.08. The first-order chi connectivity index (χ1) is 8.85. The van der Waals surface area contributed by atoms with Crippen LogP contribution in [0.3, 0.4) is 0 Å². The molecule has 1 heterocycles. The Morgan fingerprint density at radius 3 is 2.67 bits per heavy atom. The summed E-state index contributed by atoms with van der Waals surface area (Å²) >= 11 is 0. The van der Waals surface area contributed by atoms with Gasteiger partial charge in [0.1, 0.15) is 12.2 Å². The first-order valence-electron chi connectivity index (χ1n) is 7.43. The maximum absolute atomic E-state index is 4.35. The number of aromatic amines is 1. The molecule has 18 heavy (non-hydrogen) atoms. The van der Waals surface area contributed by atoms with E-state index in [1.165, 1.54) is 32.1 Å². The van der Waals surface area contributed by atoms with Gasteiger partial charge in [0.2, 0.25) is 0 Å². The lowest BCUT2D eigenvalue weighted by Gasteiger charge is -2.33. The van der Waals surface area contributed by atoms with Gasteiger partial charge in [-0.1, -0.05) is 33.1 Å². The third-order valence-electron chi connectivity index (χ3n) is 4.28. The molecule has 2 N–H and O–H groups in total. The fraction of sp³-hybridized carbons (Fsp3) is 0.857. The highest BCUT2D eigenvalue weighted by Crippen LogP contribution is 2.36. The maximum Gasteiger partial charge on any atom is 0.141 e. The molecule has 1 aliphatic rings. The molecule has 4 heteroatoms. The van der Waals surface area contributed by atoms with Crippen LogP contribution in [0, 0.1) is 11.8 Å². The van der Waals surface area contributed by atoms with Crippen LogP contribution in [-0.2, 0) is 0 Å². The zero-order chi connectivity index (χ0) is 12.8. The normalized spacial score (nSPS) is 26.1. The molecule has 1 aliphatic carbocycles. The molecular weight excluding hydrogens is 224 g/mol. The molecular formula is C14H26N4. The van der Waals surface area contributed by atoms with Gasteiger partial charge in [0.05, 0.1) is 6.04 Å². The van der Waals surface area contributed by atoms with E-state index >= 15 is 0 Å². The Balaban J connectivity index is 1.96. The summed E-state index contributed by atoms with van der Waals surface area (Å²) in [5.41, 5.74) is 0. The molecule has 4 nitrogen and oxygen atoms in total. The van der Waals surface area contributed by atoms with Crippen molar-refractivity contribution in [2.75, 3.05) is 6.54 Å². The van der Waals surface area contributed by atoms with Gasteiger partial charge in [-0.2, -0.15) is 5.10 Å². The average molecular weight is 250 g/mol. The minimum Gasteiger partial charge on any atom is -0.307 e. The van der Waals surface area contributed by atoms with E-state index in [1.54, 1.807) is 6.33 Å². The second-order valence-electron chi connectivity index (χ2n) is 5.49. The molecule has 2 rings (SSSR count). The number of rotatable bonds is 6. The first-order valence-corrected chi connectivity index (χ1v) is 7.43. The zero-order valence-corrected chi connectivity index (χ0v) is 11.7. The van der Waals surface area contributed by atoms with Gasteiger partial charge in [0.25, 0.3) is 0 Å². The van der Waals surface area contributed by atoms with Gasteiger partial charge in [-0.15, -0.1) is 0 Å². The lowest BCUT2D eigenvalue weighted by atomic mass is 9.77. The molecule has 1 fully saturated rings. The van der Waals surface area contributed by atoms with E-state index in [2.05, 4.69) is 34.3 Å². The van der Waals surface area contributed by atoms with Gasteiger partial charge in [-0.05, 0) is 37.6 Å². The van der Waals surface area contributed by atoms with Crippen LogP contribution in [0.4, 0.5) is 0 Å². The second-order valence-corrected chi connectivity index (χ2v) is 5.49. The molecule has 0 bridgehead atoms. The summed E-state index contributed by atoms with van der Waals surface area (Å²) in [7, 11) is 0. The standard InChI is InChI=1S/C14H26N4/c1-3-9-15-13(14-16-10-17-18-14)12-7-5-11(4-2)6-8-12/h10-13,15H,3-9H2,1-2H3,(H,16,17,18). The molecule has 102 valence electrons. The molecule has 1 atom stereocenters. The third kappa shape index (κ3) is 3.31. The number of H-pyrrole nitrogens is 1. The van der Waals surface area contributed by atoms with Gasteiger partial charge in [0.15, 0.2) is 0 Å². The topological polar surface area (TPSA) is 53.6 Å². The molecule has 1 aromatic rings. The number of hydrogen-bond donors (Lipinski definition) is 2. The molecule has 1 unspecified atom stereocenters. The minimum absolute atomic E-state index is 0.366. The molecule has 1 aromatic heterocycles. The van der Waals surface area contributed by atoms with E-state index in [-0.39, 0.29) is 0 Å². The molecule has 0 saturated heterocycles. The van der Waals surface area contributed by atoms with Crippen LogP contribution in [0.15, 0.2) is 6.33 Å². The molecule has 0 aromatic carbocycles. The van der Waals surface area contributed by atoms with Crippen LogP contribution in [0.2, 0.25) is 0 Å². The summed E-state index contributed by atoms with van der Waals surface area (Å²) in [6, 6.07) is 0.366. The van der Waals surface area contributed by atoms with Gasteiger partial charge >= 0.3 is 0 Å². The Bertz CT molecular complexity index is 315. The lowest BCUT2D eigenvalue weighted by Crippen LogP contribution is -2.32. The van der Waals surface area contributed by atoms with Gasteiger partial charge in [-0.3, -0.25) is 5.10 Å². The summed E-state index contributed by atoms with van der Waals surface area (Å²) in [5.74, 6) is 2.68. The van der Waals surface area contributed by atoms with E-state index in [4.69, 9.17) is 0 Å². The van der Waals surface area contributed by atoms with Crippen LogP contribution in [-0.4, -0.2) is 21.7 Å². The van der Waals surface area contributed by atoms with Crippen molar-refractivity contribution >= 4 is 0 Å². The van der Waals surface area contributed by atoms with Crippen LogP contribution < -0.4 is 5.32 Å². The van der Waals surface area contributed by atoms with Gasteiger partial charge < -0.3 is 5.32 Å². The molecule has 1 saturated carbocycles. The van der Waals surface area contributed by atoms with Crippen LogP contribution in [0.25, 0.3) is 0 Å². The van der Waals surface area contributed by atoms with E-state index in [0.29, 0.717) is 12.0 Å². The van der Waals surface area contributed by atoms with Crippen molar-refractivity contribution in [3.8, 4) is 0 Å². The summed E-state index contributed by atoms with van der Waals surface area (Å²) in [5, 5.41) is 10.7. The number of nitrogens with zero attached hydrogens (tertiary/aromatic N) is 2. The van der Waals surface area contributed by atoms with Crippen LogP contribution in [0.1, 0.15) is 64.2 Å². The average Bonchev–Trinajstić information content (AvgIpc) is 2.94. The van der Waals surface area contributed by atoms with Crippen LogP contribution in [0.5, 0.6) is 0 Å². The van der Waals surface area contributed by atoms with E-state index in [9.17, 15) is 0 Å². The predicted molar refractivity (Wildman–Crippen MR) is 73.2 cm³/mol. The Morgan fingerprint density at radius 2 is 2.11 bits per heavy atom. The first kappa shape index (κ1) is 13.5. The van der Waals surface area contributed by atoms with E-state index in [0.717, 1.165) is 24.7 Å². The monoisotopic (exact) mass is 250 g/mol. The predicted octanol–water partition coefficient (Wildman–Crippen LogP) is 3.06. The Kier molecular flexibility index (Phi) is 5.17. The van der Waals surface area contributed by atoms with Crippen molar-refractivity contribution in [2.45, 2.75) is 58.4 Å². The van der Waals surface area contributed by atoms with Crippen molar-refractivity contribution in [1.82, 2.24) is 20.5 Å². The van der Waals surface area contributed by atoms with Crippen molar-refractivity contribution in [3.63, 3.8) is 0 Å². The molecule has 0 aliphatic heterocycles. The minimum atomic E-state index is 0.366. The summed E-state index contributed by atoms with van der Waals surface area (Å²) in [6.07, 6.45) is 9.51. The van der Waals surface area contributed by atoms with Crippen molar-refractivity contribution < 1.29 is 0 Å². The number of aromatic nitrogens is 3. The van der Waals surface area contributed by atoms with Gasteiger partial charge in [-0.25, -0.2) is 4.98 Å². The maximum atomic E-state index is 4.35. The molecule has 0 radical (unpaired) electrons. The van der Waals surface area contributed by atoms with Crippen molar-refractivity contribution in [1.29, 1.82) is 0 Å². The lowest BCUT2D eigenvalue weighted by molar-refractivity contribution is 0.214. The SMILES string of the molecule is CCCNC(c1ncn[nH]1)C1CCC(CC)CC1. The van der Waals surface area contributed by atoms with E-state index in [1.807, 2.05) is 0 Å². The summed E-state index contributed by atoms with van der Waals surface area (Å²) < 4.78 is 0. The molecule has 0 spiro atoms. The zero-order valence-electron chi connectivity index (χ0n) is 11.7. The quantitative estimate of drug-likeness (QED) is 0.816. The number of hydrogen-bond acceptors (Lipinski definition) is 3. The highest BCUT2D eigenvalue weighted by molar-refractivity contribution is 4.96. The third-order valence-corrected chi connectivity index (χ3v) is 4.28. The van der Waals surface area contributed by atoms with Crippen molar-refractivity contribution in [2.24, 2.45) is 11.8 Å². The molecule has 0 amide bonds. The Morgan fingerprint density at radius 1 is 1.33 bits per heavy atom. The van der Waals surface area contributed by atoms with Gasteiger partial charge in [0, 0.05) is 0 Å². The smallest absolute Gasteiger partial charge is 0.141 e. The van der Waals surface area contributed by atoms with Crippen LogP contribution >= 0.6 is 0 Å². The highest BCUT2D eigenvalue weighted by Gasteiger charge is 2.29. The fourth-order valence-electron chi connectivity index (χ4n) is 3.08. The summed E-state index contributed by atoms with van der Waals surface area (Å²) in [4.78, 5) is 4.35. The number of nitrogens with one attached hydrogen (secondary N) is 2. The Hall–Kier alpha value is -0.900. The van der Waals surface area contributed by atoms with Crippen molar-refractivity contribution in [3.05, 3.63) is 12.2 Å². The summed E-state index contributed by atoms with van der Waals surface area (Å²) in [6.45, 7) is 5.58. The second kappa shape index (κ2) is 6.88. The Labute approximate surface area is 110 Å². The largest absolute Gasteiger partial charge is 0.307 e.